The molecule has 0 bridgehead atoms. The molecule has 0 N–H and O–H groups in total. The Kier molecular flexibility index (Phi) is 5.48. The Balaban J connectivity index is 0.000000187. The van der Waals surface area contributed by atoms with Gasteiger partial charge in [-0.25, -0.2) is 0 Å². The molecule has 1 aliphatic rings. The summed E-state index contributed by atoms with van der Waals surface area (Å²) in [7, 11) is 1.57. The number of methoxy groups -OCH3 is 1. The number of hydrogen-bond donors (Lipinski definition) is 0. The summed E-state index contributed by atoms with van der Waals surface area (Å²) in [6, 6.07) is 7.00. The second-order valence-corrected chi connectivity index (χ2v) is 3.21. The molecule has 0 amide bonds. The van der Waals surface area contributed by atoms with Crippen LogP contribution in [0, 0.1) is 0 Å². The molecule has 0 saturated carbocycles. The third kappa shape index (κ3) is 4.61. The van der Waals surface area contributed by atoms with E-state index < -0.39 is 0 Å². The van der Waals surface area contributed by atoms with E-state index in [4.69, 9.17) is 9.47 Å². The molecule has 1 heterocycles. The summed E-state index contributed by atoms with van der Waals surface area (Å²) in [5.74, 6) is 0.713. The maximum Gasteiger partial charge on any atom is 0.150 e. The van der Waals surface area contributed by atoms with Crippen LogP contribution in [0.15, 0.2) is 24.3 Å². The molecule has 0 atom stereocenters. The van der Waals surface area contributed by atoms with E-state index in [1.807, 2.05) is 0 Å². The Hall–Kier alpha value is -1.35. The molecular weight excluding hydrogens is 192 g/mol. The van der Waals surface area contributed by atoms with Crippen LogP contribution in [0.25, 0.3) is 0 Å². The standard InChI is InChI=1S/C8H8O2.C4H8O/c1-10-8-4-2-3-7(5-8)6-9;1-2-4-5-3-1/h2-6H,1H3;1-4H2. The molecule has 0 radical (unpaired) electrons. The van der Waals surface area contributed by atoms with Gasteiger partial charge in [-0.2, -0.15) is 0 Å². The van der Waals surface area contributed by atoms with Gasteiger partial charge < -0.3 is 9.47 Å². The van der Waals surface area contributed by atoms with Crippen molar-refractivity contribution in [1.29, 1.82) is 0 Å². The van der Waals surface area contributed by atoms with Crippen LogP contribution in [-0.4, -0.2) is 26.6 Å². The zero-order valence-electron chi connectivity index (χ0n) is 8.94. The minimum Gasteiger partial charge on any atom is -0.497 e. The van der Waals surface area contributed by atoms with Gasteiger partial charge >= 0.3 is 0 Å². The molecule has 1 aromatic rings. The van der Waals surface area contributed by atoms with E-state index in [-0.39, 0.29) is 0 Å². The number of hydrogen-bond acceptors (Lipinski definition) is 3. The van der Waals surface area contributed by atoms with Gasteiger partial charge in [-0.05, 0) is 25.0 Å². The quantitative estimate of drug-likeness (QED) is 0.699. The van der Waals surface area contributed by atoms with Crippen LogP contribution in [0.3, 0.4) is 0 Å². The largest absolute Gasteiger partial charge is 0.497 e. The van der Waals surface area contributed by atoms with Gasteiger partial charge in [0.1, 0.15) is 12.0 Å². The van der Waals surface area contributed by atoms with Crippen LogP contribution in [0.5, 0.6) is 5.75 Å². The molecule has 0 spiro atoms. The van der Waals surface area contributed by atoms with Crippen LogP contribution in [-0.2, 0) is 4.74 Å². The smallest absolute Gasteiger partial charge is 0.150 e. The maximum atomic E-state index is 10.2. The lowest BCUT2D eigenvalue weighted by Crippen LogP contribution is -1.84. The predicted molar refractivity (Wildman–Crippen MR) is 58.4 cm³/mol. The van der Waals surface area contributed by atoms with E-state index in [1.165, 1.54) is 12.8 Å². The molecule has 3 heteroatoms. The van der Waals surface area contributed by atoms with E-state index in [2.05, 4.69) is 0 Å². The topological polar surface area (TPSA) is 35.5 Å². The molecule has 82 valence electrons. The van der Waals surface area contributed by atoms with Crippen molar-refractivity contribution in [3.05, 3.63) is 29.8 Å². The molecule has 1 aromatic carbocycles. The molecule has 2 rings (SSSR count). The number of aldehydes is 1. The molecule has 0 aliphatic carbocycles. The highest BCUT2D eigenvalue weighted by atomic mass is 16.5. The molecular formula is C12H16O3. The van der Waals surface area contributed by atoms with Crippen LogP contribution in [0.4, 0.5) is 0 Å². The molecule has 1 fully saturated rings. The second-order valence-electron chi connectivity index (χ2n) is 3.21. The summed E-state index contributed by atoms with van der Waals surface area (Å²) in [5.41, 5.74) is 0.638. The van der Waals surface area contributed by atoms with E-state index in [1.54, 1.807) is 31.4 Å². The minimum atomic E-state index is 0.638. The van der Waals surface area contributed by atoms with Crippen molar-refractivity contribution in [2.45, 2.75) is 12.8 Å². The third-order valence-corrected chi connectivity index (χ3v) is 2.06. The van der Waals surface area contributed by atoms with Gasteiger partial charge in [0.15, 0.2) is 0 Å². The summed E-state index contributed by atoms with van der Waals surface area (Å²) in [6.07, 6.45) is 3.35. The highest BCUT2D eigenvalue weighted by Gasteiger charge is 1.94. The zero-order chi connectivity index (χ0) is 10.9. The second kappa shape index (κ2) is 7.01. The SMILES string of the molecule is C1CCOC1.COc1cccc(C=O)c1. The van der Waals surface area contributed by atoms with E-state index in [0.29, 0.717) is 11.3 Å². The lowest BCUT2D eigenvalue weighted by atomic mass is 10.2. The van der Waals surface area contributed by atoms with Crippen molar-refractivity contribution in [3.8, 4) is 5.75 Å². The molecule has 0 aromatic heterocycles. The summed E-state index contributed by atoms with van der Waals surface area (Å²) in [4.78, 5) is 10.2. The Labute approximate surface area is 90.0 Å². The van der Waals surface area contributed by atoms with E-state index in [0.717, 1.165) is 19.5 Å². The van der Waals surface area contributed by atoms with Gasteiger partial charge in [-0.3, -0.25) is 4.79 Å². The molecule has 3 nitrogen and oxygen atoms in total. The van der Waals surface area contributed by atoms with Crippen LogP contribution < -0.4 is 4.74 Å². The summed E-state index contributed by atoms with van der Waals surface area (Å²) >= 11 is 0. The molecule has 1 saturated heterocycles. The number of benzene rings is 1. The molecule has 1 aliphatic heterocycles. The van der Waals surface area contributed by atoms with Gasteiger partial charge in [0, 0.05) is 18.8 Å². The Morgan fingerprint density at radius 1 is 1.33 bits per heavy atom. The fourth-order valence-electron chi connectivity index (χ4n) is 1.23. The van der Waals surface area contributed by atoms with Crippen molar-refractivity contribution in [3.63, 3.8) is 0 Å². The number of carbonyl (C=O) groups is 1. The van der Waals surface area contributed by atoms with Gasteiger partial charge in [0.25, 0.3) is 0 Å². The fraction of sp³-hybridized carbons (Fsp3) is 0.417. The normalized spacial score (nSPS) is 13.9. The number of ether oxygens (including phenoxy) is 2. The average Bonchev–Trinajstić information content (AvgIpc) is 2.88. The lowest BCUT2D eigenvalue weighted by molar-refractivity contribution is 0.112. The van der Waals surface area contributed by atoms with E-state index >= 15 is 0 Å². The highest BCUT2D eigenvalue weighted by Crippen LogP contribution is 2.10. The Morgan fingerprint density at radius 3 is 2.53 bits per heavy atom. The van der Waals surface area contributed by atoms with Crippen molar-refractivity contribution >= 4 is 6.29 Å². The van der Waals surface area contributed by atoms with Gasteiger partial charge in [-0.15, -0.1) is 0 Å². The predicted octanol–water partition coefficient (Wildman–Crippen LogP) is 2.30. The van der Waals surface area contributed by atoms with Crippen molar-refractivity contribution in [1.82, 2.24) is 0 Å². The van der Waals surface area contributed by atoms with Crippen molar-refractivity contribution in [2.75, 3.05) is 20.3 Å². The molecule has 0 unspecified atom stereocenters. The van der Waals surface area contributed by atoms with Crippen LogP contribution >= 0.6 is 0 Å². The maximum absolute atomic E-state index is 10.2. The number of carbonyl (C=O) groups excluding carboxylic acids is 1. The molecule has 15 heavy (non-hydrogen) atoms. The summed E-state index contributed by atoms with van der Waals surface area (Å²) in [5, 5.41) is 0. The third-order valence-electron chi connectivity index (χ3n) is 2.06. The first-order chi connectivity index (χ1) is 7.36. The zero-order valence-corrected chi connectivity index (χ0v) is 8.94. The first-order valence-corrected chi connectivity index (χ1v) is 5.04. The lowest BCUT2D eigenvalue weighted by Gasteiger charge is -1.97. The first-order valence-electron chi connectivity index (χ1n) is 5.04. The number of rotatable bonds is 2. The van der Waals surface area contributed by atoms with E-state index in [9.17, 15) is 4.79 Å². The fourth-order valence-corrected chi connectivity index (χ4v) is 1.23. The average molecular weight is 208 g/mol. The van der Waals surface area contributed by atoms with Gasteiger partial charge in [0.2, 0.25) is 0 Å². The Bertz CT molecular complexity index is 285. The van der Waals surface area contributed by atoms with Gasteiger partial charge in [0.05, 0.1) is 7.11 Å². The first kappa shape index (κ1) is 11.7. The monoisotopic (exact) mass is 208 g/mol. The van der Waals surface area contributed by atoms with Crippen molar-refractivity contribution < 1.29 is 14.3 Å². The highest BCUT2D eigenvalue weighted by molar-refractivity contribution is 5.75. The Morgan fingerprint density at radius 2 is 2.07 bits per heavy atom. The summed E-state index contributed by atoms with van der Waals surface area (Å²) in [6.45, 7) is 2.00. The van der Waals surface area contributed by atoms with Crippen LogP contribution in [0.2, 0.25) is 0 Å². The van der Waals surface area contributed by atoms with Crippen molar-refractivity contribution in [2.24, 2.45) is 0 Å². The van der Waals surface area contributed by atoms with Crippen LogP contribution in [0.1, 0.15) is 23.2 Å². The van der Waals surface area contributed by atoms with Gasteiger partial charge in [-0.1, -0.05) is 12.1 Å². The summed E-state index contributed by atoms with van der Waals surface area (Å²) < 4.78 is 9.84. The minimum absolute atomic E-state index is 0.638.